The van der Waals surface area contributed by atoms with E-state index in [-0.39, 0.29) is 12.1 Å². The average molecular weight is 145 g/mol. The van der Waals surface area contributed by atoms with Crippen LogP contribution in [0.3, 0.4) is 0 Å². The maximum atomic E-state index is 5.74. The van der Waals surface area contributed by atoms with E-state index < -0.39 is 0 Å². The molecule has 0 aromatic carbocycles. The van der Waals surface area contributed by atoms with Crippen molar-refractivity contribution in [3.05, 3.63) is 0 Å². The molecule has 4 nitrogen and oxygen atoms in total. The minimum absolute atomic E-state index is 0.110. The molecule has 1 heterocycles. The third-order valence-corrected chi connectivity index (χ3v) is 1.94. The SMILES string of the molecule is COC1CN(N)CCC1N. The molecule has 2 atom stereocenters. The second-order valence-electron chi connectivity index (χ2n) is 2.72. The maximum Gasteiger partial charge on any atom is 0.0863 e. The zero-order valence-corrected chi connectivity index (χ0v) is 6.29. The first-order chi connectivity index (χ1) is 4.74. The number of ether oxygens (including phenoxy) is 1. The third kappa shape index (κ3) is 1.67. The number of methoxy groups -OCH3 is 1. The van der Waals surface area contributed by atoms with E-state index in [9.17, 15) is 0 Å². The van der Waals surface area contributed by atoms with Crippen LogP contribution in [0.25, 0.3) is 0 Å². The molecule has 1 aliphatic heterocycles. The Morgan fingerprint density at radius 2 is 2.30 bits per heavy atom. The summed E-state index contributed by atoms with van der Waals surface area (Å²) in [5, 5.41) is 1.75. The molecule has 0 bridgehead atoms. The molecule has 1 aliphatic rings. The molecule has 0 spiro atoms. The second-order valence-corrected chi connectivity index (χ2v) is 2.72. The van der Waals surface area contributed by atoms with Gasteiger partial charge in [-0.1, -0.05) is 0 Å². The first kappa shape index (κ1) is 7.94. The van der Waals surface area contributed by atoms with Gasteiger partial charge in [0.2, 0.25) is 0 Å². The summed E-state index contributed by atoms with van der Waals surface area (Å²) in [6.07, 6.45) is 1.04. The van der Waals surface area contributed by atoms with E-state index in [0.717, 1.165) is 19.5 Å². The Morgan fingerprint density at radius 3 is 2.80 bits per heavy atom. The Morgan fingerprint density at radius 1 is 1.60 bits per heavy atom. The van der Waals surface area contributed by atoms with Crippen LogP contribution in [0.5, 0.6) is 0 Å². The minimum Gasteiger partial charge on any atom is -0.378 e. The van der Waals surface area contributed by atoms with E-state index in [1.165, 1.54) is 0 Å². The zero-order chi connectivity index (χ0) is 7.56. The van der Waals surface area contributed by atoms with Crippen molar-refractivity contribution in [1.82, 2.24) is 5.01 Å². The summed E-state index contributed by atoms with van der Waals surface area (Å²) >= 11 is 0. The van der Waals surface area contributed by atoms with Gasteiger partial charge in [-0.3, -0.25) is 5.84 Å². The van der Waals surface area contributed by atoms with Crippen molar-refractivity contribution in [2.45, 2.75) is 18.6 Å². The van der Waals surface area contributed by atoms with Crippen LogP contribution in [-0.4, -0.2) is 37.4 Å². The van der Waals surface area contributed by atoms with Crippen molar-refractivity contribution in [3.63, 3.8) is 0 Å². The molecular weight excluding hydrogens is 130 g/mol. The minimum atomic E-state index is 0.110. The van der Waals surface area contributed by atoms with Crippen LogP contribution in [0.15, 0.2) is 0 Å². The van der Waals surface area contributed by atoms with Crippen LogP contribution in [0.2, 0.25) is 0 Å². The Labute approximate surface area is 61.1 Å². The summed E-state index contributed by atoms with van der Waals surface area (Å²) in [5.41, 5.74) is 5.74. The van der Waals surface area contributed by atoms with Crippen LogP contribution in [0, 0.1) is 0 Å². The van der Waals surface area contributed by atoms with Crippen LogP contribution >= 0.6 is 0 Å². The highest BCUT2D eigenvalue weighted by atomic mass is 16.5. The quantitative estimate of drug-likeness (QED) is 0.460. The number of rotatable bonds is 1. The average Bonchev–Trinajstić information content (AvgIpc) is 1.94. The van der Waals surface area contributed by atoms with Gasteiger partial charge in [0.05, 0.1) is 6.10 Å². The van der Waals surface area contributed by atoms with E-state index in [4.69, 9.17) is 16.3 Å². The lowest BCUT2D eigenvalue weighted by atomic mass is 10.0. The van der Waals surface area contributed by atoms with Crippen molar-refractivity contribution in [2.24, 2.45) is 11.6 Å². The van der Waals surface area contributed by atoms with Gasteiger partial charge >= 0.3 is 0 Å². The molecule has 4 heteroatoms. The molecule has 1 rings (SSSR count). The second kappa shape index (κ2) is 3.30. The van der Waals surface area contributed by atoms with Gasteiger partial charge in [0.25, 0.3) is 0 Å². The van der Waals surface area contributed by atoms with Crippen LogP contribution < -0.4 is 11.6 Å². The number of hydrogen-bond donors (Lipinski definition) is 2. The summed E-state index contributed by atoms with van der Waals surface area (Å²) in [5.74, 6) is 5.56. The van der Waals surface area contributed by atoms with Crippen molar-refractivity contribution in [3.8, 4) is 0 Å². The van der Waals surface area contributed by atoms with E-state index in [1.807, 2.05) is 0 Å². The van der Waals surface area contributed by atoms with Crippen LogP contribution in [0.1, 0.15) is 6.42 Å². The van der Waals surface area contributed by atoms with E-state index in [1.54, 1.807) is 12.1 Å². The molecule has 0 radical (unpaired) electrons. The van der Waals surface area contributed by atoms with Gasteiger partial charge < -0.3 is 10.5 Å². The van der Waals surface area contributed by atoms with Crippen molar-refractivity contribution < 1.29 is 4.74 Å². The molecule has 1 saturated heterocycles. The fourth-order valence-electron chi connectivity index (χ4n) is 1.21. The summed E-state index contributed by atoms with van der Waals surface area (Å²) in [6, 6.07) is 0.157. The summed E-state index contributed by atoms with van der Waals surface area (Å²) in [4.78, 5) is 0. The molecule has 0 aromatic heterocycles. The molecule has 0 amide bonds. The monoisotopic (exact) mass is 145 g/mol. The van der Waals surface area contributed by atoms with Gasteiger partial charge in [-0.2, -0.15) is 0 Å². The summed E-state index contributed by atoms with van der Waals surface area (Å²) in [6.45, 7) is 1.62. The van der Waals surface area contributed by atoms with E-state index in [0.29, 0.717) is 0 Å². The predicted molar refractivity (Wildman–Crippen MR) is 39.1 cm³/mol. The highest BCUT2D eigenvalue weighted by Gasteiger charge is 2.24. The fraction of sp³-hybridized carbons (Fsp3) is 1.00. The van der Waals surface area contributed by atoms with Crippen molar-refractivity contribution in [2.75, 3.05) is 20.2 Å². The van der Waals surface area contributed by atoms with Gasteiger partial charge in [-0.25, -0.2) is 5.01 Å². The number of nitrogens with two attached hydrogens (primary N) is 2. The molecular formula is C6H15N3O. The Hall–Kier alpha value is -0.160. The molecule has 1 fully saturated rings. The van der Waals surface area contributed by atoms with Gasteiger partial charge in [0.1, 0.15) is 0 Å². The normalized spacial score (nSPS) is 36.3. The number of nitrogens with zero attached hydrogens (tertiary/aromatic N) is 1. The largest absolute Gasteiger partial charge is 0.378 e. The molecule has 10 heavy (non-hydrogen) atoms. The predicted octanol–water partition coefficient (Wildman–Crippen LogP) is -1.09. The number of hydrazine groups is 1. The smallest absolute Gasteiger partial charge is 0.0863 e. The lowest BCUT2D eigenvalue weighted by Gasteiger charge is -2.32. The van der Waals surface area contributed by atoms with Gasteiger partial charge in [0.15, 0.2) is 0 Å². The molecule has 0 saturated carbocycles. The van der Waals surface area contributed by atoms with Crippen LogP contribution in [-0.2, 0) is 4.74 Å². The molecule has 0 aromatic rings. The van der Waals surface area contributed by atoms with Crippen molar-refractivity contribution >= 4 is 0 Å². The summed E-state index contributed by atoms with van der Waals surface area (Å²) in [7, 11) is 1.67. The van der Waals surface area contributed by atoms with E-state index in [2.05, 4.69) is 0 Å². The van der Waals surface area contributed by atoms with E-state index >= 15 is 0 Å². The Bertz CT molecular complexity index is 109. The van der Waals surface area contributed by atoms with Gasteiger partial charge in [-0.15, -0.1) is 0 Å². The van der Waals surface area contributed by atoms with Gasteiger partial charge in [0, 0.05) is 26.2 Å². The highest BCUT2D eigenvalue weighted by molar-refractivity contribution is 4.81. The molecule has 2 unspecified atom stereocenters. The maximum absolute atomic E-state index is 5.74. The van der Waals surface area contributed by atoms with Crippen molar-refractivity contribution in [1.29, 1.82) is 0 Å². The Balaban J connectivity index is 2.38. The number of hydrogen-bond acceptors (Lipinski definition) is 4. The molecule has 0 aliphatic carbocycles. The molecule has 4 N–H and O–H groups in total. The van der Waals surface area contributed by atoms with Crippen LogP contribution in [0.4, 0.5) is 0 Å². The Kier molecular flexibility index (Phi) is 2.62. The van der Waals surface area contributed by atoms with Gasteiger partial charge in [-0.05, 0) is 6.42 Å². The standard InChI is InChI=1S/C6H15N3O/c1-10-6-4-9(8)3-2-5(6)7/h5-6H,2-4,7-8H2,1H3. The molecule has 60 valence electrons. The first-order valence-electron chi connectivity index (χ1n) is 3.52. The fourth-order valence-corrected chi connectivity index (χ4v) is 1.21. The zero-order valence-electron chi connectivity index (χ0n) is 6.29. The topological polar surface area (TPSA) is 64.5 Å². The third-order valence-electron chi connectivity index (χ3n) is 1.94. The summed E-state index contributed by atoms with van der Waals surface area (Å²) < 4.78 is 5.13. The number of piperidine rings is 1. The lowest BCUT2D eigenvalue weighted by Crippen LogP contribution is -2.53. The highest BCUT2D eigenvalue weighted by Crippen LogP contribution is 2.07. The lowest BCUT2D eigenvalue weighted by molar-refractivity contribution is 0.0166. The first-order valence-corrected chi connectivity index (χ1v) is 3.52.